The molecule has 0 bridgehead atoms. The summed E-state index contributed by atoms with van der Waals surface area (Å²) in [7, 11) is 2.04. The molecule has 24 heavy (non-hydrogen) atoms. The summed E-state index contributed by atoms with van der Waals surface area (Å²) in [6.07, 6.45) is 4.56. The van der Waals surface area contributed by atoms with Gasteiger partial charge in [0.25, 0.3) is 5.56 Å². The molecule has 2 fully saturated rings. The number of nitrogens with one attached hydrogen (secondary N) is 1. The Balaban J connectivity index is 1.62. The first-order chi connectivity index (χ1) is 11.5. The molecule has 1 amide bonds. The topological polar surface area (TPSA) is 78.5 Å². The van der Waals surface area contributed by atoms with E-state index in [0.29, 0.717) is 43.8 Å². The summed E-state index contributed by atoms with van der Waals surface area (Å²) in [5.41, 5.74) is 0.406. The fourth-order valence-electron chi connectivity index (χ4n) is 3.61. The quantitative estimate of drug-likeness (QED) is 0.883. The molecule has 2 heterocycles. The number of morpholine rings is 1. The van der Waals surface area contributed by atoms with Gasteiger partial charge in [0, 0.05) is 18.7 Å². The summed E-state index contributed by atoms with van der Waals surface area (Å²) in [5, 5.41) is 0. The third-order valence-electron chi connectivity index (χ3n) is 4.96. The lowest BCUT2D eigenvalue weighted by atomic mass is 10.2. The molecule has 1 aliphatic carbocycles. The molecule has 1 saturated heterocycles. The smallest absolute Gasteiger partial charge is 0.251 e. The number of aromatic nitrogens is 2. The molecular formula is C17H26N4O3. The average molecular weight is 334 g/mol. The van der Waals surface area contributed by atoms with Gasteiger partial charge in [0.2, 0.25) is 5.91 Å². The minimum absolute atomic E-state index is 0.124. The largest absolute Gasteiger partial charge is 0.368 e. The fourth-order valence-corrected chi connectivity index (χ4v) is 3.61. The van der Waals surface area contributed by atoms with Crippen molar-refractivity contribution in [3.63, 3.8) is 0 Å². The predicted molar refractivity (Wildman–Crippen MR) is 89.8 cm³/mol. The van der Waals surface area contributed by atoms with Crippen LogP contribution in [0.4, 0.5) is 0 Å². The number of rotatable bonds is 4. The number of nitrogens with zero attached hydrogens (tertiary/aromatic N) is 3. The molecule has 3 rings (SSSR count). The van der Waals surface area contributed by atoms with Crippen LogP contribution in [-0.4, -0.2) is 65.0 Å². The lowest BCUT2D eigenvalue weighted by Crippen LogP contribution is -2.47. The van der Waals surface area contributed by atoms with Gasteiger partial charge in [0.15, 0.2) is 0 Å². The lowest BCUT2D eigenvalue weighted by Gasteiger charge is -2.34. The summed E-state index contributed by atoms with van der Waals surface area (Å²) in [4.78, 5) is 35.2. The summed E-state index contributed by atoms with van der Waals surface area (Å²) in [6, 6.07) is 1.99. The zero-order chi connectivity index (χ0) is 17.1. The monoisotopic (exact) mass is 334 g/mol. The number of aromatic amines is 1. The molecule has 1 aromatic rings. The first-order valence-electron chi connectivity index (χ1n) is 8.70. The van der Waals surface area contributed by atoms with Crippen LogP contribution >= 0.6 is 0 Å². The highest BCUT2D eigenvalue weighted by molar-refractivity contribution is 5.78. The number of amides is 1. The SMILES string of the molecule is Cc1nc([C@H]2CN(C(=O)CN(C)C3CCCC3)CCO2)cc(=O)[nH]1. The molecule has 1 N–H and O–H groups in total. The number of aryl methyl sites for hydroxylation is 1. The molecule has 7 nitrogen and oxygen atoms in total. The van der Waals surface area contributed by atoms with Gasteiger partial charge in [-0.3, -0.25) is 14.5 Å². The molecule has 0 unspecified atom stereocenters. The van der Waals surface area contributed by atoms with E-state index >= 15 is 0 Å². The molecule has 132 valence electrons. The Kier molecular flexibility index (Phi) is 5.30. The molecule has 1 aromatic heterocycles. The third kappa shape index (κ3) is 4.02. The van der Waals surface area contributed by atoms with Crippen LogP contribution in [0.25, 0.3) is 0 Å². The maximum Gasteiger partial charge on any atom is 0.251 e. The van der Waals surface area contributed by atoms with Gasteiger partial charge in [-0.25, -0.2) is 4.98 Å². The van der Waals surface area contributed by atoms with Gasteiger partial charge < -0.3 is 14.6 Å². The normalized spacial score (nSPS) is 22.3. The molecule has 7 heteroatoms. The summed E-state index contributed by atoms with van der Waals surface area (Å²) < 4.78 is 5.74. The van der Waals surface area contributed by atoms with Crippen molar-refractivity contribution < 1.29 is 9.53 Å². The zero-order valence-electron chi connectivity index (χ0n) is 14.5. The Labute approximate surface area is 142 Å². The van der Waals surface area contributed by atoms with Gasteiger partial charge in [0.05, 0.1) is 25.4 Å². The number of likely N-dealkylation sites (N-methyl/N-ethyl adjacent to an activating group) is 1. The Hall–Kier alpha value is -1.73. The number of carbonyl (C=O) groups is 1. The van der Waals surface area contributed by atoms with E-state index < -0.39 is 0 Å². The van der Waals surface area contributed by atoms with Crippen LogP contribution in [0.5, 0.6) is 0 Å². The molecule has 0 aromatic carbocycles. The highest BCUT2D eigenvalue weighted by Crippen LogP contribution is 2.23. The van der Waals surface area contributed by atoms with Gasteiger partial charge in [-0.1, -0.05) is 12.8 Å². The van der Waals surface area contributed by atoms with E-state index in [1.165, 1.54) is 31.7 Å². The van der Waals surface area contributed by atoms with E-state index in [9.17, 15) is 9.59 Å². The minimum Gasteiger partial charge on any atom is -0.368 e. The van der Waals surface area contributed by atoms with Crippen molar-refractivity contribution >= 4 is 5.91 Å². The van der Waals surface area contributed by atoms with E-state index in [-0.39, 0.29) is 17.6 Å². The first kappa shape index (κ1) is 17.1. The second-order valence-corrected chi connectivity index (χ2v) is 6.81. The van der Waals surface area contributed by atoms with Gasteiger partial charge in [0.1, 0.15) is 11.9 Å². The van der Waals surface area contributed by atoms with Crippen molar-refractivity contribution in [1.82, 2.24) is 19.8 Å². The summed E-state index contributed by atoms with van der Waals surface area (Å²) >= 11 is 0. The lowest BCUT2D eigenvalue weighted by molar-refractivity contribution is -0.140. The molecule has 0 spiro atoms. The first-order valence-corrected chi connectivity index (χ1v) is 8.70. The second-order valence-electron chi connectivity index (χ2n) is 6.81. The number of ether oxygens (including phenoxy) is 1. The van der Waals surface area contributed by atoms with Crippen LogP contribution in [0, 0.1) is 6.92 Å². The molecule has 2 aliphatic rings. The van der Waals surface area contributed by atoms with E-state index in [2.05, 4.69) is 14.9 Å². The van der Waals surface area contributed by atoms with E-state index in [1.807, 2.05) is 11.9 Å². The van der Waals surface area contributed by atoms with Crippen molar-refractivity contribution in [3.05, 3.63) is 27.9 Å². The van der Waals surface area contributed by atoms with Gasteiger partial charge in [-0.2, -0.15) is 0 Å². The Morgan fingerprint density at radius 3 is 2.92 bits per heavy atom. The molecule has 0 radical (unpaired) electrons. The maximum absolute atomic E-state index is 12.6. The minimum atomic E-state index is -0.333. The van der Waals surface area contributed by atoms with Crippen LogP contribution in [0.3, 0.4) is 0 Å². The van der Waals surface area contributed by atoms with Crippen LogP contribution in [0.1, 0.15) is 43.3 Å². The number of carbonyl (C=O) groups excluding carboxylic acids is 1. The predicted octanol–water partition coefficient (Wildman–Crippen LogP) is 0.853. The third-order valence-corrected chi connectivity index (χ3v) is 4.96. The number of H-pyrrole nitrogens is 1. The average Bonchev–Trinajstić information content (AvgIpc) is 3.08. The highest BCUT2D eigenvalue weighted by Gasteiger charge is 2.29. The Morgan fingerprint density at radius 2 is 2.21 bits per heavy atom. The second kappa shape index (κ2) is 7.44. The molecular weight excluding hydrogens is 308 g/mol. The summed E-state index contributed by atoms with van der Waals surface area (Å²) in [6.45, 7) is 3.70. The Morgan fingerprint density at radius 1 is 1.46 bits per heavy atom. The molecule has 1 saturated carbocycles. The van der Waals surface area contributed by atoms with Crippen molar-refractivity contribution in [2.24, 2.45) is 0 Å². The standard InChI is InChI=1S/C17H26N4O3/c1-12-18-14(9-16(22)19-12)15-10-21(7-8-24-15)17(23)11-20(2)13-5-3-4-6-13/h9,13,15H,3-8,10-11H2,1-2H3,(H,18,19,22)/t15-/m1/s1. The van der Waals surface area contributed by atoms with E-state index in [1.54, 1.807) is 6.92 Å². The Bertz CT molecular complexity index is 639. The fraction of sp³-hybridized carbons (Fsp3) is 0.706. The maximum atomic E-state index is 12.6. The summed E-state index contributed by atoms with van der Waals surface area (Å²) in [5.74, 6) is 0.685. The van der Waals surface area contributed by atoms with Crippen molar-refractivity contribution in [3.8, 4) is 0 Å². The van der Waals surface area contributed by atoms with Gasteiger partial charge >= 0.3 is 0 Å². The van der Waals surface area contributed by atoms with Gasteiger partial charge in [-0.05, 0) is 26.8 Å². The van der Waals surface area contributed by atoms with Crippen molar-refractivity contribution in [2.75, 3.05) is 33.3 Å². The van der Waals surface area contributed by atoms with Crippen LogP contribution in [0.2, 0.25) is 0 Å². The highest BCUT2D eigenvalue weighted by atomic mass is 16.5. The molecule has 1 atom stereocenters. The van der Waals surface area contributed by atoms with Gasteiger partial charge in [-0.15, -0.1) is 0 Å². The van der Waals surface area contributed by atoms with E-state index in [4.69, 9.17) is 4.74 Å². The number of hydrogen-bond donors (Lipinski definition) is 1. The zero-order valence-corrected chi connectivity index (χ0v) is 14.5. The molecule has 1 aliphatic heterocycles. The van der Waals surface area contributed by atoms with Crippen molar-refractivity contribution in [2.45, 2.75) is 44.8 Å². The van der Waals surface area contributed by atoms with E-state index in [0.717, 1.165) is 0 Å². The van der Waals surface area contributed by atoms with Crippen LogP contribution in [-0.2, 0) is 9.53 Å². The van der Waals surface area contributed by atoms with Crippen LogP contribution in [0.15, 0.2) is 10.9 Å². The van der Waals surface area contributed by atoms with Crippen molar-refractivity contribution in [1.29, 1.82) is 0 Å². The number of hydrogen-bond acceptors (Lipinski definition) is 5. The van der Waals surface area contributed by atoms with Crippen LogP contribution < -0.4 is 5.56 Å².